The molecule has 0 aromatic heterocycles. The Morgan fingerprint density at radius 1 is 1.30 bits per heavy atom. The van der Waals surface area contributed by atoms with Gasteiger partial charge in [-0.25, -0.2) is 0 Å². The van der Waals surface area contributed by atoms with Crippen molar-refractivity contribution in [2.75, 3.05) is 5.33 Å². The van der Waals surface area contributed by atoms with Crippen LogP contribution in [-0.2, 0) is 0 Å². The Hall–Kier alpha value is -0.630. The minimum absolute atomic E-state index is 0.126. The Balaban J connectivity index is 2.85. The molecular weight excluding hydrogens is 194 g/mol. The highest BCUT2D eigenvalue weighted by molar-refractivity contribution is 9.09. The molecule has 2 heteroatoms. The van der Waals surface area contributed by atoms with Crippen molar-refractivity contribution in [1.29, 1.82) is 0 Å². The van der Waals surface area contributed by atoms with E-state index in [0.29, 0.717) is 5.33 Å². The van der Waals surface area contributed by atoms with Crippen molar-refractivity contribution in [3.05, 3.63) is 35.9 Å². The van der Waals surface area contributed by atoms with Gasteiger partial charge in [-0.15, -0.1) is 0 Å². The molecule has 0 saturated carbocycles. The van der Waals surface area contributed by atoms with Crippen LogP contribution in [0.25, 0.3) is 0 Å². The number of carbonyl (C=O) groups excluding carboxylic acids is 1. The van der Waals surface area contributed by atoms with E-state index in [0.717, 1.165) is 5.56 Å². The van der Waals surface area contributed by atoms with Crippen LogP contribution in [-0.4, -0.2) is 11.1 Å². The van der Waals surface area contributed by atoms with Gasteiger partial charge in [0, 0.05) is 5.56 Å². The minimum Gasteiger partial charge on any atom is -0.293 e. The smallest absolute Gasteiger partial charge is 0.173 e. The monoisotopic (exact) mass is 200 g/mol. The first-order chi connectivity index (χ1) is 4.84. The molecule has 0 spiro atoms. The molecule has 0 N–H and O–H groups in total. The van der Waals surface area contributed by atoms with E-state index in [1.807, 2.05) is 30.3 Å². The van der Waals surface area contributed by atoms with Gasteiger partial charge < -0.3 is 0 Å². The minimum atomic E-state index is 0.126. The van der Waals surface area contributed by atoms with E-state index in [4.69, 9.17) is 0 Å². The third kappa shape index (κ3) is 1.67. The van der Waals surface area contributed by atoms with Crippen molar-refractivity contribution < 1.29 is 4.79 Å². The maximum absolute atomic E-state index is 11.0. The number of Topliss-reactive ketones (excluding diaryl/α,β-unsaturated/α-hetero) is 1. The molecule has 0 aliphatic carbocycles. The summed E-state index contributed by atoms with van der Waals surface area (Å²) in [7, 11) is 0. The molecule has 52 valence electrons. The Morgan fingerprint density at radius 2 is 1.90 bits per heavy atom. The van der Waals surface area contributed by atoms with Crippen molar-refractivity contribution in [3.63, 3.8) is 0 Å². The van der Waals surface area contributed by atoms with E-state index >= 15 is 0 Å². The molecule has 0 fully saturated rings. The number of hydrogen-bond donors (Lipinski definition) is 0. The third-order valence-electron chi connectivity index (χ3n) is 1.22. The van der Waals surface area contributed by atoms with Crippen LogP contribution in [0.15, 0.2) is 30.3 Å². The lowest BCUT2D eigenvalue weighted by molar-refractivity contribution is 0.102. The lowest BCUT2D eigenvalue weighted by Gasteiger charge is -1.92. The summed E-state index contributed by atoms with van der Waals surface area (Å²) in [6.07, 6.45) is 0. The normalized spacial score (nSPS) is 9.30. The zero-order chi connectivity index (χ0) is 7.40. The summed E-state index contributed by atoms with van der Waals surface area (Å²) in [6.45, 7) is 0. The molecule has 10 heavy (non-hydrogen) atoms. The number of carbonyl (C=O) groups is 1. The number of ketones is 1. The fourth-order valence-corrected chi connectivity index (χ4v) is 1.02. The maximum Gasteiger partial charge on any atom is 0.173 e. The quantitative estimate of drug-likeness (QED) is 0.529. The molecule has 0 atom stereocenters. The fraction of sp³-hybridized carbons (Fsp3) is 0.125. The van der Waals surface area contributed by atoms with Crippen molar-refractivity contribution in [2.24, 2.45) is 0 Å². The van der Waals surface area contributed by atoms with Crippen molar-refractivity contribution in [3.8, 4) is 0 Å². The molecule has 0 bridgehead atoms. The summed E-state index contributed by atoms with van der Waals surface area (Å²) >= 11 is 3.10. The average molecular weight is 201 g/mol. The van der Waals surface area contributed by atoms with Crippen molar-refractivity contribution >= 4 is 21.7 Å². The Morgan fingerprint density at radius 3 is 2.40 bits per heavy atom. The predicted molar refractivity (Wildman–Crippen MR) is 44.6 cm³/mol. The predicted octanol–water partition coefficient (Wildman–Crippen LogP) is 2.26. The SMILES string of the molecule is O=[14C](CBr)c1ccccc1. The molecule has 0 aliphatic heterocycles. The van der Waals surface area contributed by atoms with Gasteiger partial charge in [-0.05, 0) is 0 Å². The summed E-state index contributed by atoms with van der Waals surface area (Å²) in [4.78, 5) is 11.0. The Kier molecular flexibility index (Phi) is 2.63. The number of rotatable bonds is 2. The highest BCUT2D eigenvalue weighted by Crippen LogP contribution is 2.01. The Labute approximate surface area is 68.2 Å². The molecule has 0 unspecified atom stereocenters. The largest absolute Gasteiger partial charge is 0.293 e. The zero-order valence-electron chi connectivity index (χ0n) is 5.38. The first-order valence-electron chi connectivity index (χ1n) is 2.99. The van der Waals surface area contributed by atoms with Gasteiger partial charge in [-0.3, -0.25) is 4.79 Å². The summed E-state index contributed by atoms with van der Waals surface area (Å²) in [5.74, 6) is 0.126. The topological polar surface area (TPSA) is 17.1 Å². The number of benzene rings is 1. The van der Waals surface area contributed by atoms with Gasteiger partial charge in [0.05, 0.1) is 5.33 Å². The summed E-state index contributed by atoms with van der Waals surface area (Å²) in [5, 5.41) is 0.400. The van der Waals surface area contributed by atoms with E-state index in [9.17, 15) is 4.79 Å². The fourth-order valence-electron chi connectivity index (χ4n) is 0.701. The molecule has 0 amide bonds. The van der Waals surface area contributed by atoms with E-state index in [1.54, 1.807) is 0 Å². The van der Waals surface area contributed by atoms with Gasteiger partial charge >= 0.3 is 0 Å². The summed E-state index contributed by atoms with van der Waals surface area (Å²) in [5.41, 5.74) is 0.763. The lowest BCUT2D eigenvalue weighted by Crippen LogP contribution is -1.98. The van der Waals surface area contributed by atoms with Crippen molar-refractivity contribution in [2.45, 2.75) is 0 Å². The summed E-state index contributed by atoms with van der Waals surface area (Å²) in [6, 6.07) is 9.23. The van der Waals surface area contributed by atoms with Gasteiger partial charge in [0.15, 0.2) is 5.78 Å². The van der Waals surface area contributed by atoms with Crippen LogP contribution in [0, 0.1) is 0 Å². The highest BCUT2D eigenvalue weighted by Gasteiger charge is 1.99. The van der Waals surface area contributed by atoms with Crippen molar-refractivity contribution in [1.82, 2.24) is 0 Å². The van der Waals surface area contributed by atoms with Crippen LogP contribution in [0.3, 0.4) is 0 Å². The van der Waals surface area contributed by atoms with Gasteiger partial charge in [-0.2, -0.15) is 0 Å². The molecule has 1 aromatic carbocycles. The third-order valence-corrected chi connectivity index (χ3v) is 1.73. The maximum atomic E-state index is 11.0. The van der Waals surface area contributed by atoms with E-state index in [-0.39, 0.29) is 5.78 Å². The van der Waals surface area contributed by atoms with E-state index < -0.39 is 0 Å². The van der Waals surface area contributed by atoms with Gasteiger partial charge in [0.1, 0.15) is 0 Å². The molecule has 1 aromatic rings. The summed E-state index contributed by atoms with van der Waals surface area (Å²) < 4.78 is 0. The van der Waals surface area contributed by atoms with Crippen LogP contribution >= 0.6 is 15.9 Å². The standard InChI is InChI=1S/C8H7BrO/c9-6-8(10)7-4-2-1-3-5-7/h1-5H,6H2/i8+2. The van der Waals surface area contributed by atoms with Gasteiger partial charge in [0.25, 0.3) is 0 Å². The molecule has 0 saturated heterocycles. The first kappa shape index (κ1) is 7.48. The molecular formula is C8H7BrO. The van der Waals surface area contributed by atoms with Crippen LogP contribution in [0.4, 0.5) is 0 Å². The van der Waals surface area contributed by atoms with Crippen LogP contribution in [0.2, 0.25) is 0 Å². The van der Waals surface area contributed by atoms with Crippen LogP contribution < -0.4 is 0 Å². The second-order valence-electron chi connectivity index (χ2n) is 1.92. The van der Waals surface area contributed by atoms with Gasteiger partial charge in [-0.1, -0.05) is 46.3 Å². The zero-order valence-corrected chi connectivity index (χ0v) is 6.97. The van der Waals surface area contributed by atoms with Crippen LogP contribution in [0.1, 0.15) is 10.4 Å². The lowest BCUT2D eigenvalue weighted by atomic mass is 10.3. The first-order valence-corrected chi connectivity index (χ1v) is 4.11. The van der Waals surface area contributed by atoms with E-state index in [2.05, 4.69) is 15.9 Å². The number of halogens is 1. The number of hydrogen-bond acceptors (Lipinski definition) is 1. The molecule has 0 heterocycles. The van der Waals surface area contributed by atoms with Gasteiger partial charge in [0.2, 0.25) is 0 Å². The average Bonchev–Trinajstić information content (AvgIpc) is 2.05. The molecule has 0 radical (unpaired) electrons. The molecule has 0 aliphatic rings. The number of alkyl halides is 1. The second kappa shape index (κ2) is 3.52. The molecule has 1 nitrogen and oxygen atoms in total. The van der Waals surface area contributed by atoms with Crippen LogP contribution in [0.5, 0.6) is 0 Å². The van der Waals surface area contributed by atoms with E-state index in [1.165, 1.54) is 0 Å². The molecule has 1 rings (SSSR count). The second-order valence-corrected chi connectivity index (χ2v) is 2.48. The Bertz CT molecular complexity index is 218. The highest BCUT2D eigenvalue weighted by atomic mass is 79.9.